The van der Waals surface area contributed by atoms with Crippen molar-refractivity contribution in [3.8, 4) is 0 Å². The fourth-order valence-electron chi connectivity index (χ4n) is 4.16. The van der Waals surface area contributed by atoms with Gasteiger partial charge < -0.3 is 4.74 Å². The van der Waals surface area contributed by atoms with Crippen LogP contribution in [0, 0.1) is 11.8 Å². The van der Waals surface area contributed by atoms with E-state index in [-0.39, 0.29) is 5.78 Å². The van der Waals surface area contributed by atoms with Gasteiger partial charge in [-0.1, -0.05) is 32.1 Å². The summed E-state index contributed by atoms with van der Waals surface area (Å²) in [6, 6.07) is 1.16. The summed E-state index contributed by atoms with van der Waals surface area (Å²) in [5.74, 6) is 2.04. The van der Waals surface area contributed by atoms with E-state index in [1.807, 2.05) is 0 Å². The summed E-state index contributed by atoms with van der Waals surface area (Å²) in [4.78, 5) is 13.6. The second-order valence-electron chi connectivity index (χ2n) is 7.37. The van der Waals surface area contributed by atoms with E-state index in [2.05, 4.69) is 18.7 Å². The number of ketones is 1. The van der Waals surface area contributed by atoms with Gasteiger partial charge in [0.1, 0.15) is 5.78 Å². The summed E-state index contributed by atoms with van der Waals surface area (Å²) in [6.07, 6.45) is 9.03. The van der Waals surface area contributed by atoms with Gasteiger partial charge >= 0.3 is 0 Å². The SMILES string of the molecule is CC(=O)CCOC[C@@H]1C[C@@H](C2CCCCC2)CN1C(C)C. The van der Waals surface area contributed by atoms with Crippen LogP contribution in [0.15, 0.2) is 0 Å². The highest BCUT2D eigenvalue weighted by molar-refractivity contribution is 5.75. The van der Waals surface area contributed by atoms with Gasteiger partial charge in [0.05, 0.1) is 13.2 Å². The van der Waals surface area contributed by atoms with Crippen LogP contribution in [0.3, 0.4) is 0 Å². The molecule has 2 atom stereocenters. The van der Waals surface area contributed by atoms with E-state index in [1.54, 1.807) is 6.92 Å². The Morgan fingerprint density at radius 3 is 2.52 bits per heavy atom. The minimum Gasteiger partial charge on any atom is -0.379 e. The Hall–Kier alpha value is -0.410. The first kappa shape index (κ1) is 17.0. The van der Waals surface area contributed by atoms with Gasteiger partial charge in [-0.15, -0.1) is 0 Å². The van der Waals surface area contributed by atoms with Crippen molar-refractivity contribution < 1.29 is 9.53 Å². The maximum Gasteiger partial charge on any atom is 0.132 e. The first-order chi connectivity index (χ1) is 10.1. The lowest BCUT2D eigenvalue weighted by molar-refractivity contribution is -0.118. The molecule has 2 fully saturated rings. The van der Waals surface area contributed by atoms with Crippen molar-refractivity contribution in [1.29, 1.82) is 0 Å². The summed E-state index contributed by atoms with van der Waals surface area (Å²) in [7, 11) is 0. The van der Waals surface area contributed by atoms with E-state index in [0.717, 1.165) is 18.4 Å². The third-order valence-corrected chi connectivity index (χ3v) is 5.38. The van der Waals surface area contributed by atoms with Crippen molar-refractivity contribution in [1.82, 2.24) is 4.90 Å². The van der Waals surface area contributed by atoms with Crippen LogP contribution in [0.4, 0.5) is 0 Å². The lowest BCUT2D eigenvalue weighted by Crippen LogP contribution is -2.38. The Morgan fingerprint density at radius 1 is 1.19 bits per heavy atom. The largest absolute Gasteiger partial charge is 0.379 e. The van der Waals surface area contributed by atoms with Crippen LogP contribution in [-0.4, -0.2) is 42.5 Å². The lowest BCUT2D eigenvalue weighted by Gasteiger charge is -2.29. The van der Waals surface area contributed by atoms with Gasteiger partial charge in [0, 0.05) is 25.0 Å². The molecule has 1 aliphatic carbocycles. The van der Waals surface area contributed by atoms with Gasteiger partial charge in [-0.3, -0.25) is 9.69 Å². The second kappa shape index (κ2) is 8.28. The van der Waals surface area contributed by atoms with Gasteiger partial charge in [0.15, 0.2) is 0 Å². The van der Waals surface area contributed by atoms with Crippen LogP contribution >= 0.6 is 0 Å². The molecule has 0 unspecified atom stereocenters. The fourth-order valence-corrected chi connectivity index (χ4v) is 4.16. The standard InChI is InChI=1S/C18H33NO2/c1-14(2)19-12-17(16-7-5-4-6-8-16)11-18(19)13-21-10-9-15(3)20/h14,16-18H,4-13H2,1-3H3/t17-,18+/m1/s1. The van der Waals surface area contributed by atoms with Gasteiger partial charge in [-0.2, -0.15) is 0 Å². The van der Waals surface area contributed by atoms with Crippen molar-refractivity contribution >= 4 is 5.78 Å². The molecule has 0 amide bonds. The summed E-state index contributed by atoms with van der Waals surface area (Å²) in [6.45, 7) is 8.87. The number of Topliss-reactive ketones (excluding diaryl/α,β-unsaturated/α-hetero) is 1. The fraction of sp³-hybridized carbons (Fsp3) is 0.944. The predicted octanol–water partition coefficient (Wildman–Crippen LogP) is 3.66. The molecule has 3 nitrogen and oxygen atoms in total. The van der Waals surface area contributed by atoms with Gasteiger partial charge in [-0.05, 0) is 39.0 Å². The zero-order valence-corrected chi connectivity index (χ0v) is 14.1. The number of rotatable bonds is 7. The number of carbonyl (C=O) groups excluding carboxylic acids is 1. The van der Waals surface area contributed by atoms with E-state index in [9.17, 15) is 4.79 Å². The number of ether oxygens (including phenoxy) is 1. The summed E-state index contributed by atoms with van der Waals surface area (Å²) >= 11 is 0. The highest BCUT2D eigenvalue weighted by Gasteiger charge is 2.37. The maximum atomic E-state index is 11.0. The first-order valence-electron chi connectivity index (χ1n) is 8.91. The Balaban J connectivity index is 1.81. The van der Waals surface area contributed by atoms with E-state index in [4.69, 9.17) is 4.74 Å². The van der Waals surface area contributed by atoms with E-state index in [0.29, 0.717) is 25.1 Å². The molecule has 0 spiro atoms. The summed E-state index contributed by atoms with van der Waals surface area (Å²) in [5, 5.41) is 0. The van der Waals surface area contributed by atoms with Crippen LogP contribution in [0.2, 0.25) is 0 Å². The van der Waals surface area contributed by atoms with Crippen molar-refractivity contribution in [3.63, 3.8) is 0 Å². The normalized spacial score (nSPS) is 28.4. The Kier molecular flexibility index (Phi) is 6.69. The molecule has 0 aromatic rings. The molecule has 0 radical (unpaired) electrons. The zero-order valence-electron chi connectivity index (χ0n) is 14.1. The minimum absolute atomic E-state index is 0.224. The molecule has 122 valence electrons. The van der Waals surface area contributed by atoms with Crippen LogP contribution in [-0.2, 0) is 9.53 Å². The van der Waals surface area contributed by atoms with Crippen molar-refractivity contribution in [2.45, 2.75) is 77.8 Å². The van der Waals surface area contributed by atoms with Crippen LogP contribution in [0.5, 0.6) is 0 Å². The van der Waals surface area contributed by atoms with Gasteiger partial charge in [0.25, 0.3) is 0 Å². The summed E-state index contributed by atoms with van der Waals surface area (Å²) in [5.41, 5.74) is 0. The van der Waals surface area contributed by atoms with Crippen molar-refractivity contribution in [3.05, 3.63) is 0 Å². The Bertz CT molecular complexity index is 323. The molecular formula is C18H33NO2. The van der Waals surface area contributed by atoms with Crippen molar-refractivity contribution in [2.24, 2.45) is 11.8 Å². The van der Waals surface area contributed by atoms with Crippen LogP contribution in [0.1, 0.15) is 65.7 Å². The molecule has 2 rings (SSSR count). The third kappa shape index (κ3) is 5.07. The van der Waals surface area contributed by atoms with E-state index < -0.39 is 0 Å². The van der Waals surface area contributed by atoms with E-state index in [1.165, 1.54) is 45.1 Å². The summed E-state index contributed by atoms with van der Waals surface area (Å²) < 4.78 is 5.78. The first-order valence-corrected chi connectivity index (χ1v) is 8.91. The highest BCUT2D eigenvalue weighted by Crippen LogP contribution is 2.38. The number of hydrogen-bond donors (Lipinski definition) is 0. The number of carbonyl (C=O) groups is 1. The highest BCUT2D eigenvalue weighted by atomic mass is 16.5. The third-order valence-electron chi connectivity index (χ3n) is 5.38. The van der Waals surface area contributed by atoms with Gasteiger partial charge in [-0.25, -0.2) is 0 Å². The Labute approximate surface area is 130 Å². The molecule has 0 bridgehead atoms. The predicted molar refractivity (Wildman–Crippen MR) is 86.4 cm³/mol. The van der Waals surface area contributed by atoms with Crippen LogP contribution in [0.25, 0.3) is 0 Å². The molecule has 0 N–H and O–H groups in total. The average Bonchev–Trinajstić information content (AvgIpc) is 2.89. The number of nitrogens with zero attached hydrogens (tertiary/aromatic N) is 1. The number of likely N-dealkylation sites (tertiary alicyclic amines) is 1. The molecule has 21 heavy (non-hydrogen) atoms. The molecule has 0 aromatic carbocycles. The molecule has 1 saturated heterocycles. The molecule has 1 heterocycles. The monoisotopic (exact) mass is 295 g/mol. The van der Waals surface area contributed by atoms with Crippen LogP contribution < -0.4 is 0 Å². The molecule has 2 aliphatic rings. The smallest absolute Gasteiger partial charge is 0.132 e. The molecule has 1 aliphatic heterocycles. The molecule has 1 saturated carbocycles. The quantitative estimate of drug-likeness (QED) is 0.671. The molecular weight excluding hydrogens is 262 g/mol. The maximum absolute atomic E-state index is 11.0. The van der Waals surface area contributed by atoms with E-state index >= 15 is 0 Å². The van der Waals surface area contributed by atoms with Crippen molar-refractivity contribution in [2.75, 3.05) is 19.8 Å². The molecule has 0 aromatic heterocycles. The molecule has 3 heteroatoms. The zero-order chi connectivity index (χ0) is 15.2. The average molecular weight is 295 g/mol. The number of hydrogen-bond acceptors (Lipinski definition) is 3. The topological polar surface area (TPSA) is 29.5 Å². The minimum atomic E-state index is 0.224. The van der Waals surface area contributed by atoms with Gasteiger partial charge in [0.2, 0.25) is 0 Å². The second-order valence-corrected chi connectivity index (χ2v) is 7.37. The lowest BCUT2D eigenvalue weighted by atomic mass is 9.79. The Morgan fingerprint density at radius 2 is 1.90 bits per heavy atom.